The number of hydrogen-bond acceptors (Lipinski definition) is 7. The summed E-state index contributed by atoms with van der Waals surface area (Å²) in [6.45, 7) is 8.72. The van der Waals surface area contributed by atoms with E-state index in [1.54, 1.807) is 0 Å². The van der Waals surface area contributed by atoms with Gasteiger partial charge in [0.25, 0.3) is 0 Å². The van der Waals surface area contributed by atoms with Crippen LogP contribution in [0.4, 0.5) is 0 Å². The first kappa shape index (κ1) is 20.0. The lowest BCUT2D eigenvalue weighted by atomic mass is 9.44. The second kappa shape index (κ2) is 6.09. The van der Waals surface area contributed by atoms with E-state index in [9.17, 15) is 24.0 Å². The number of carbonyl (C=O) groups is 5. The van der Waals surface area contributed by atoms with Gasteiger partial charge in [-0.15, -0.1) is 0 Å². The van der Waals surface area contributed by atoms with Crippen molar-refractivity contribution >= 4 is 29.8 Å². The van der Waals surface area contributed by atoms with E-state index in [4.69, 9.17) is 9.47 Å². The lowest BCUT2D eigenvalue weighted by Crippen LogP contribution is -2.70. The monoisotopic (exact) mass is 402 g/mol. The molecule has 0 unspecified atom stereocenters. The molecule has 0 aromatic carbocycles. The first-order chi connectivity index (χ1) is 13.5. The van der Waals surface area contributed by atoms with E-state index in [-0.39, 0.29) is 24.4 Å². The smallest absolute Gasteiger partial charge is 0.324 e. The number of fused-ring (bicyclic) bond motifs is 2. The number of esters is 2. The summed E-state index contributed by atoms with van der Waals surface area (Å²) in [6, 6.07) is 0. The molecule has 2 bridgehead atoms. The number of rotatable bonds is 2. The van der Waals surface area contributed by atoms with Crippen LogP contribution >= 0.6 is 0 Å². The van der Waals surface area contributed by atoms with Gasteiger partial charge in [0.15, 0.2) is 11.2 Å². The van der Waals surface area contributed by atoms with Gasteiger partial charge >= 0.3 is 11.9 Å². The van der Waals surface area contributed by atoms with Crippen LogP contribution in [-0.4, -0.2) is 42.5 Å². The SMILES string of the molecule is C=C1C(=O)[C@@]23C(=O)OC[C@]4(C(=O)CCC(C)(C)[C@H]4C=O)[C@@H]2CC[C@@H]1[C@H]3OC(C)=O. The second-order valence-electron chi connectivity index (χ2n) is 9.63. The lowest BCUT2D eigenvalue weighted by molar-refractivity contribution is -0.224. The van der Waals surface area contributed by atoms with Crippen molar-refractivity contribution in [1.82, 2.24) is 0 Å². The quantitative estimate of drug-likeness (QED) is 0.300. The summed E-state index contributed by atoms with van der Waals surface area (Å²) in [5.74, 6) is -4.00. The number of hydrogen-bond donors (Lipinski definition) is 0. The molecule has 1 heterocycles. The molecule has 2 spiro atoms. The number of aldehydes is 1. The highest BCUT2D eigenvalue weighted by Crippen LogP contribution is 2.67. The van der Waals surface area contributed by atoms with Crippen LogP contribution in [0, 0.1) is 34.0 Å². The van der Waals surface area contributed by atoms with E-state index in [1.165, 1.54) is 6.92 Å². The molecule has 7 nitrogen and oxygen atoms in total. The molecule has 4 rings (SSSR count). The highest BCUT2D eigenvalue weighted by molar-refractivity contribution is 6.17. The van der Waals surface area contributed by atoms with Crippen molar-refractivity contribution in [3.05, 3.63) is 12.2 Å². The molecule has 0 aromatic rings. The highest BCUT2D eigenvalue weighted by atomic mass is 16.6. The second-order valence-corrected chi connectivity index (χ2v) is 9.63. The van der Waals surface area contributed by atoms with Crippen molar-refractivity contribution in [1.29, 1.82) is 0 Å². The molecule has 7 heteroatoms. The van der Waals surface area contributed by atoms with E-state index >= 15 is 0 Å². The molecule has 6 atom stereocenters. The third-order valence-electron chi connectivity index (χ3n) is 7.99. The molecule has 1 aliphatic heterocycles. The average molecular weight is 402 g/mol. The molecule has 0 aromatic heterocycles. The van der Waals surface area contributed by atoms with Gasteiger partial charge in [0.05, 0.1) is 5.41 Å². The Bertz CT molecular complexity index is 855. The van der Waals surface area contributed by atoms with Gasteiger partial charge in [-0.2, -0.15) is 0 Å². The molecule has 4 fully saturated rings. The minimum absolute atomic E-state index is 0.156. The molecule has 1 saturated heterocycles. The zero-order valence-corrected chi connectivity index (χ0v) is 17.0. The molecule has 29 heavy (non-hydrogen) atoms. The third kappa shape index (κ3) is 2.21. The van der Waals surface area contributed by atoms with Crippen LogP contribution in [-0.2, 0) is 33.4 Å². The number of ketones is 2. The summed E-state index contributed by atoms with van der Waals surface area (Å²) in [5, 5.41) is 0. The summed E-state index contributed by atoms with van der Waals surface area (Å²) < 4.78 is 11.0. The van der Waals surface area contributed by atoms with Gasteiger partial charge in [0, 0.05) is 31.1 Å². The van der Waals surface area contributed by atoms with Gasteiger partial charge in [0.2, 0.25) is 0 Å². The summed E-state index contributed by atoms with van der Waals surface area (Å²) in [6.07, 6.45) is 1.39. The van der Waals surface area contributed by atoms with E-state index in [1.807, 2.05) is 13.8 Å². The fourth-order valence-electron chi connectivity index (χ4n) is 6.67. The van der Waals surface area contributed by atoms with Gasteiger partial charge in [-0.3, -0.25) is 19.2 Å². The maximum absolute atomic E-state index is 13.4. The maximum Gasteiger partial charge on any atom is 0.324 e. The molecular weight excluding hydrogens is 376 g/mol. The molecule has 0 amide bonds. The number of ether oxygens (including phenoxy) is 2. The fourth-order valence-corrected chi connectivity index (χ4v) is 6.67. The molecule has 3 saturated carbocycles. The molecular formula is C22H26O7. The Morgan fingerprint density at radius 2 is 1.93 bits per heavy atom. The molecule has 156 valence electrons. The molecule has 3 aliphatic carbocycles. The van der Waals surface area contributed by atoms with Gasteiger partial charge in [-0.1, -0.05) is 20.4 Å². The van der Waals surface area contributed by atoms with Crippen molar-refractivity contribution in [2.45, 2.75) is 52.6 Å². The minimum Gasteiger partial charge on any atom is -0.464 e. The van der Waals surface area contributed by atoms with Gasteiger partial charge in [0.1, 0.15) is 24.8 Å². The van der Waals surface area contributed by atoms with Crippen molar-refractivity contribution < 1.29 is 33.4 Å². The summed E-state index contributed by atoms with van der Waals surface area (Å²) >= 11 is 0. The summed E-state index contributed by atoms with van der Waals surface area (Å²) in [5.41, 5.74) is -3.35. The Kier molecular flexibility index (Phi) is 4.20. The van der Waals surface area contributed by atoms with Crippen LogP contribution in [0.15, 0.2) is 12.2 Å². The first-order valence-corrected chi connectivity index (χ1v) is 10.1. The van der Waals surface area contributed by atoms with Crippen molar-refractivity contribution in [3.63, 3.8) is 0 Å². The normalized spacial score (nSPS) is 43.0. The fraction of sp³-hybridized carbons (Fsp3) is 0.682. The van der Waals surface area contributed by atoms with Crippen LogP contribution in [0.1, 0.15) is 46.5 Å². The zero-order valence-electron chi connectivity index (χ0n) is 17.0. The Morgan fingerprint density at radius 3 is 2.55 bits per heavy atom. The summed E-state index contributed by atoms with van der Waals surface area (Å²) in [7, 11) is 0. The first-order valence-electron chi connectivity index (χ1n) is 10.1. The summed E-state index contributed by atoms with van der Waals surface area (Å²) in [4.78, 5) is 64.1. The Hall–Kier alpha value is -2.31. The van der Waals surface area contributed by atoms with E-state index < -0.39 is 57.8 Å². The van der Waals surface area contributed by atoms with Gasteiger partial charge in [-0.05, 0) is 30.3 Å². The molecule has 4 aliphatic rings. The Morgan fingerprint density at radius 1 is 1.24 bits per heavy atom. The largest absolute Gasteiger partial charge is 0.464 e. The van der Waals surface area contributed by atoms with Crippen LogP contribution in [0.25, 0.3) is 0 Å². The van der Waals surface area contributed by atoms with E-state index in [0.29, 0.717) is 19.3 Å². The van der Waals surface area contributed by atoms with Crippen molar-refractivity contribution in [3.8, 4) is 0 Å². The number of cyclic esters (lactones) is 1. The van der Waals surface area contributed by atoms with E-state index in [0.717, 1.165) is 6.29 Å². The predicted octanol–water partition coefficient (Wildman–Crippen LogP) is 1.82. The van der Waals surface area contributed by atoms with Crippen LogP contribution in [0.5, 0.6) is 0 Å². The average Bonchev–Trinajstić information content (AvgIpc) is 2.77. The standard InChI is InChI=1S/C22H26O7/c1-11-13-5-6-14-21(15(9-23)20(3,4)8-7-16(21)25)10-28-19(27)22(14,17(11)26)18(13)29-12(2)24/h9,13-15,18H,1,5-8,10H2,2-4H3/t13-,14-,15+,18+,21-,22-/m0/s1. The van der Waals surface area contributed by atoms with Gasteiger partial charge in [-0.25, -0.2) is 0 Å². The Labute approximate surface area is 169 Å². The van der Waals surface area contributed by atoms with E-state index in [2.05, 4.69) is 6.58 Å². The Balaban J connectivity index is 1.96. The zero-order chi connectivity index (χ0) is 21.4. The predicted molar refractivity (Wildman–Crippen MR) is 99.3 cm³/mol. The maximum atomic E-state index is 13.4. The molecule has 0 N–H and O–H groups in total. The minimum atomic E-state index is -1.80. The van der Waals surface area contributed by atoms with Crippen molar-refractivity contribution in [2.24, 2.45) is 34.0 Å². The van der Waals surface area contributed by atoms with Crippen LogP contribution in [0.2, 0.25) is 0 Å². The van der Waals surface area contributed by atoms with Crippen LogP contribution in [0.3, 0.4) is 0 Å². The number of Topliss-reactive ketones (excluding diaryl/α,β-unsaturated/α-hetero) is 2. The van der Waals surface area contributed by atoms with Crippen molar-refractivity contribution in [2.75, 3.05) is 6.61 Å². The van der Waals surface area contributed by atoms with Crippen LogP contribution < -0.4 is 0 Å². The third-order valence-corrected chi connectivity index (χ3v) is 7.99. The van der Waals surface area contributed by atoms with Gasteiger partial charge < -0.3 is 14.3 Å². The topological polar surface area (TPSA) is 104 Å². The highest BCUT2D eigenvalue weighted by Gasteiger charge is 2.78. The lowest BCUT2D eigenvalue weighted by Gasteiger charge is -2.59. The number of carbonyl (C=O) groups excluding carboxylic acids is 5. The molecule has 0 radical (unpaired) electrons.